The molecule has 0 aromatic heterocycles. The van der Waals surface area contributed by atoms with E-state index in [0.717, 1.165) is 15.9 Å². The number of hydrogen-bond acceptors (Lipinski definition) is 7. The van der Waals surface area contributed by atoms with E-state index < -0.39 is 76.4 Å². The molecule has 242 valence electrons. The molecule has 1 saturated carbocycles. The van der Waals surface area contributed by atoms with Gasteiger partial charge in [-0.2, -0.15) is 13.2 Å². The second-order valence-electron chi connectivity index (χ2n) is 13.6. The second kappa shape index (κ2) is 11.5. The largest absolute Gasteiger partial charge is 0.444 e. The van der Waals surface area contributed by atoms with Crippen LogP contribution in [0.1, 0.15) is 83.9 Å². The van der Waals surface area contributed by atoms with Gasteiger partial charge >= 0.3 is 24.1 Å². The molecular weight excluding hydrogens is 607 g/mol. The Morgan fingerprint density at radius 1 is 0.909 bits per heavy atom. The van der Waals surface area contributed by atoms with Crippen molar-refractivity contribution in [1.29, 1.82) is 0 Å². The maximum absolute atomic E-state index is 14.0. The molecule has 2 heterocycles. The molecule has 2 fully saturated rings. The van der Waals surface area contributed by atoms with Crippen molar-refractivity contribution in [3.63, 3.8) is 0 Å². The predicted molar refractivity (Wildman–Crippen MR) is 150 cm³/mol. The van der Waals surface area contributed by atoms with Crippen molar-refractivity contribution in [3.8, 4) is 0 Å². The number of benzene rings is 1. The molecule has 1 aromatic rings. The van der Waals surface area contributed by atoms with Gasteiger partial charge in [0.15, 0.2) is 13.5 Å². The topological polar surface area (TPSA) is 114 Å². The van der Waals surface area contributed by atoms with E-state index in [2.05, 4.69) is 0 Å². The molecule has 4 amide bonds. The third-order valence-corrected chi connectivity index (χ3v) is 8.39. The summed E-state index contributed by atoms with van der Waals surface area (Å²) < 4.78 is 50.8. The molecule has 1 saturated heterocycles. The summed E-state index contributed by atoms with van der Waals surface area (Å²) in [5, 5.41) is -0.457. The first-order chi connectivity index (χ1) is 20.2. The molecule has 0 bridgehead atoms. The van der Waals surface area contributed by atoms with Crippen LogP contribution < -0.4 is 0 Å². The number of carbonyl (C=O) groups excluding carboxylic acids is 5. The number of ether oxygens (including phenoxy) is 2. The Hall–Kier alpha value is -3.35. The van der Waals surface area contributed by atoms with Crippen LogP contribution in [-0.4, -0.2) is 63.5 Å². The monoisotopic (exact) mass is 643 g/mol. The van der Waals surface area contributed by atoms with Gasteiger partial charge in [-0.1, -0.05) is 11.6 Å². The van der Waals surface area contributed by atoms with Crippen molar-refractivity contribution in [2.75, 3.05) is 13.5 Å². The Balaban J connectivity index is 1.56. The summed E-state index contributed by atoms with van der Waals surface area (Å²) in [4.78, 5) is 69.4. The van der Waals surface area contributed by atoms with Crippen LogP contribution in [0.4, 0.5) is 18.0 Å². The third kappa shape index (κ3) is 6.52. The number of rotatable bonds is 8. The van der Waals surface area contributed by atoms with E-state index >= 15 is 0 Å². The Labute approximate surface area is 258 Å². The van der Waals surface area contributed by atoms with Crippen LogP contribution in [0.3, 0.4) is 0 Å². The average molecular weight is 644 g/mol. The lowest BCUT2D eigenvalue weighted by atomic mass is 9.86. The van der Waals surface area contributed by atoms with Gasteiger partial charge in [-0.05, 0) is 90.0 Å². The lowest BCUT2D eigenvalue weighted by molar-refractivity contribution is -0.161. The fourth-order valence-electron chi connectivity index (χ4n) is 5.39. The molecule has 2 aliphatic heterocycles. The number of halogens is 4. The third-order valence-electron chi connectivity index (χ3n) is 8.08. The van der Waals surface area contributed by atoms with Gasteiger partial charge in [-0.15, -0.1) is 0 Å². The number of carbonyl (C=O) groups is 5. The Morgan fingerprint density at radius 3 is 1.93 bits per heavy atom. The summed E-state index contributed by atoms with van der Waals surface area (Å²) >= 11 is 5.87. The number of esters is 2. The minimum absolute atomic E-state index is 0.0388. The highest BCUT2D eigenvalue weighted by molar-refractivity contribution is 6.31. The number of urea groups is 1. The first-order valence-electron chi connectivity index (χ1n) is 14.3. The number of imide groups is 1. The molecule has 1 atom stereocenters. The van der Waals surface area contributed by atoms with E-state index in [9.17, 15) is 37.1 Å². The van der Waals surface area contributed by atoms with E-state index in [1.165, 1.54) is 11.0 Å². The zero-order valence-electron chi connectivity index (χ0n) is 25.6. The van der Waals surface area contributed by atoms with Gasteiger partial charge in [-0.25, -0.2) is 9.69 Å². The van der Waals surface area contributed by atoms with Crippen molar-refractivity contribution in [2.24, 2.45) is 16.7 Å². The maximum Gasteiger partial charge on any atom is 0.417 e. The molecule has 10 nitrogen and oxygen atoms in total. The minimum Gasteiger partial charge on any atom is -0.444 e. The first kappa shape index (κ1) is 33.5. The zero-order valence-corrected chi connectivity index (χ0v) is 26.4. The smallest absolute Gasteiger partial charge is 0.417 e. The highest BCUT2D eigenvalue weighted by Gasteiger charge is 2.64. The molecule has 14 heteroatoms. The van der Waals surface area contributed by atoms with E-state index in [1.807, 2.05) is 0 Å². The van der Waals surface area contributed by atoms with E-state index in [4.69, 9.17) is 21.1 Å². The van der Waals surface area contributed by atoms with Crippen LogP contribution in [0, 0.1) is 16.7 Å². The molecule has 0 unspecified atom stereocenters. The summed E-state index contributed by atoms with van der Waals surface area (Å²) in [5.41, 5.74) is -3.51. The number of alkyl halides is 3. The van der Waals surface area contributed by atoms with Gasteiger partial charge in [0.05, 0.1) is 21.4 Å². The molecule has 3 aliphatic rings. The predicted octanol–water partition coefficient (Wildman–Crippen LogP) is 5.49. The van der Waals surface area contributed by atoms with Gasteiger partial charge in [0.1, 0.15) is 5.54 Å². The van der Waals surface area contributed by atoms with E-state index in [-0.39, 0.29) is 31.8 Å². The Morgan fingerprint density at radius 2 is 1.43 bits per heavy atom. The fourth-order valence-corrected chi connectivity index (χ4v) is 5.68. The zero-order chi connectivity index (χ0) is 33.0. The van der Waals surface area contributed by atoms with Crippen LogP contribution in [0.15, 0.2) is 12.1 Å². The highest BCUT2D eigenvalue weighted by Crippen LogP contribution is 2.50. The van der Waals surface area contributed by atoms with Crippen molar-refractivity contribution >= 4 is 41.4 Å². The number of amides is 4. The van der Waals surface area contributed by atoms with Gasteiger partial charge < -0.3 is 14.4 Å². The van der Waals surface area contributed by atoms with E-state index in [0.29, 0.717) is 24.0 Å². The number of nitrogens with zero attached hydrogens (tertiary/aromatic N) is 3. The second-order valence-corrected chi connectivity index (χ2v) is 14.0. The van der Waals surface area contributed by atoms with Gasteiger partial charge in [-0.3, -0.25) is 24.1 Å². The summed E-state index contributed by atoms with van der Waals surface area (Å²) in [6.07, 6.45) is -3.86. The number of fused-ring (bicyclic) bond motifs is 1. The van der Waals surface area contributed by atoms with Crippen LogP contribution >= 0.6 is 11.6 Å². The number of hydrogen-bond donors (Lipinski definition) is 0. The Bertz CT molecular complexity index is 1380. The van der Waals surface area contributed by atoms with Gasteiger partial charge in [0.2, 0.25) is 5.91 Å². The normalized spacial score (nSPS) is 20.7. The van der Waals surface area contributed by atoms with Gasteiger partial charge in [0, 0.05) is 19.5 Å². The molecule has 44 heavy (non-hydrogen) atoms. The molecule has 0 N–H and O–H groups in total. The molecule has 1 aromatic carbocycles. The molecule has 0 spiro atoms. The summed E-state index contributed by atoms with van der Waals surface area (Å²) in [7, 11) is 0. The molecular formula is C30H37ClF3N3O7. The van der Waals surface area contributed by atoms with Crippen LogP contribution in [0.25, 0.3) is 0 Å². The minimum atomic E-state index is -4.65. The van der Waals surface area contributed by atoms with Crippen molar-refractivity contribution < 1.29 is 46.6 Å². The fraction of sp³-hybridized carbons (Fsp3) is 0.633. The van der Waals surface area contributed by atoms with Crippen molar-refractivity contribution in [3.05, 3.63) is 33.8 Å². The summed E-state index contributed by atoms with van der Waals surface area (Å²) in [6, 6.07) is 1.33. The van der Waals surface area contributed by atoms with Crippen LogP contribution in [0.5, 0.6) is 0 Å². The lowest BCUT2D eigenvalue weighted by Gasteiger charge is -2.35. The Kier molecular flexibility index (Phi) is 8.79. The lowest BCUT2D eigenvalue weighted by Crippen LogP contribution is -2.53. The van der Waals surface area contributed by atoms with Crippen molar-refractivity contribution in [2.45, 2.75) is 92.0 Å². The quantitative estimate of drug-likeness (QED) is 0.272. The summed E-state index contributed by atoms with van der Waals surface area (Å²) in [5.74, 6) is -2.69. The molecule has 1 aliphatic carbocycles. The maximum atomic E-state index is 14.0. The van der Waals surface area contributed by atoms with Crippen LogP contribution in [0.2, 0.25) is 5.02 Å². The SMILES string of the molecule is CC(C)(C)C(=O)OCN1C(=O)N(COC(=O)C(C)(C)C)[C@](CCC(=O)N2Cc3cc(Cl)c(C(F)(F)F)cc3C2)(C2CC2)C1=O. The molecule has 4 rings (SSSR count). The van der Waals surface area contributed by atoms with E-state index in [1.54, 1.807) is 41.5 Å². The average Bonchev–Trinajstić information content (AvgIpc) is 3.63. The first-order valence-corrected chi connectivity index (χ1v) is 14.7. The highest BCUT2D eigenvalue weighted by atomic mass is 35.5. The van der Waals surface area contributed by atoms with Crippen molar-refractivity contribution in [1.82, 2.24) is 14.7 Å². The standard InChI is InChI=1S/C30H37ClF3N3O7/c1-27(2,3)24(40)43-15-36-23(39)29(19-7-8-19,37(26(36)42)16-44-25(41)28(4,5)6)10-9-22(38)35-13-17-11-20(30(32,33)34)21(31)12-18(17)14-35/h11-12,19H,7-10,13-16H2,1-6H3/t29-/m1/s1. The van der Waals surface area contributed by atoms with Crippen LogP contribution in [-0.2, 0) is 47.9 Å². The van der Waals surface area contributed by atoms with Gasteiger partial charge in [0.25, 0.3) is 5.91 Å². The molecule has 0 radical (unpaired) electrons. The summed E-state index contributed by atoms with van der Waals surface area (Å²) in [6.45, 7) is 8.54.